The summed E-state index contributed by atoms with van der Waals surface area (Å²) in [5.74, 6) is 0.169. The summed E-state index contributed by atoms with van der Waals surface area (Å²) in [5.41, 5.74) is 10.6. The van der Waals surface area contributed by atoms with Crippen molar-refractivity contribution in [3.05, 3.63) is 71.3 Å². The number of ether oxygens (including phenoxy) is 1. The lowest BCUT2D eigenvalue weighted by Crippen LogP contribution is -2.15. The van der Waals surface area contributed by atoms with Gasteiger partial charge in [0.1, 0.15) is 18.0 Å². The predicted octanol–water partition coefficient (Wildman–Crippen LogP) is 3.53. The number of imidazole rings is 1. The Balaban J connectivity index is 1.82. The number of rotatable bonds is 0. The van der Waals surface area contributed by atoms with Gasteiger partial charge in [0.2, 0.25) is 0 Å². The molecular formula is C22H18FN7O. The summed E-state index contributed by atoms with van der Waals surface area (Å²) in [7, 11) is 0. The van der Waals surface area contributed by atoms with Crippen molar-refractivity contribution in [2.45, 2.75) is 26.5 Å². The van der Waals surface area contributed by atoms with Crippen LogP contribution >= 0.6 is 0 Å². The molecule has 0 fully saturated rings. The molecule has 0 saturated heterocycles. The van der Waals surface area contributed by atoms with Gasteiger partial charge >= 0.3 is 0 Å². The molecule has 2 N–H and O–H groups in total. The summed E-state index contributed by atoms with van der Waals surface area (Å²) in [6.45, 7) is 4.11. The van der Waals surface area contributed by atoms with Crippen molar-refractivity contribution < 1.29 is 9.13 Å². The van der Waals surface area contributed by atoms with Crippen LogP contribution in [0.15, 0.2) is 42.9 Å². The molecule has 31 heavy (non-hydrogen) atoms. The Hall–Kier alpha value is -4.19. The number of halogens is 1. The molecule has 1 aromatic carbocycles. The van der Waals surface area contributed by atoms with Gasteiger partial charge in [0.25, 0.3) is 0 Å². The van der Waals surface area contributed by atoms with E-state index >= 15 is 0 Å². The van der Waals surface area contributed by atoms with Crippen LogP contribution in [0.4, 0.5) is 10.2 Å². The maximum absolute atomic E-state index is 14.2. The number of nitriles is 1. The van der Waals surface area contributed by atoms with Gasteiger partial charge in [0.05, 0.1) is 35.6 Å². The molecular weight excluding hydrogens is 397 g/mol. The Labute approximate surface area is 177 Å². The highest BCUT2D eigenvalue weighted by Gasteiger charge is 2.23. The molecule has 1 unspecified atom stereocenters. The number of anilines is 1. The summed E-state index contributed by atoms with van der Waals surface area (Å²) in [4.78, 5) is 8.51. The normalized spacial score (nSPS) is 14.8. The van der Waals surface area contributed by atoms with E-state index in [1.54, 1.807) is 29.3 Å². The summed E-state index contributed by atoms with van der Waals surface area (Å²) >= 11 is 0. The fourth-order valence-electron chi connectivity index (χ4n) is 3.91. The molecule has 5 rings (SSSR count). The van der Waals surface area contributed by atoms with E-state index < -0.39 is 6.10 Å². The molecule has 4 heterocycles. The third kappa shape index (κ3) is 3.09. The van der Waals surface area contributed by atoms with Gasteiger partial charge in [-0.3, -0.25) is 0 Å². The summed E-state index contributed by atoms with van der Waals surface area (Å²) in [6.07, 6.45) is 2.66. The Kier molecular flexibility index (Phi) is 4.22. The summed E-state index contributed by atoms with van der Waals surface area (Å²) in [6, 6.07) is 10.3. The second kappa shape index (κ2) is 6.95. The number of nitrogens with two attached hydrogens (primary N) is 1. The van der Waals surface area contributed by atoms with Crippen LogP contribution in [0.25, 0.3) is 16.9 Å². The van der Waals surface area contributed by atoms with Crippen LogP contribution < -0.4 is 10.5 Å². The van der Waals surface area contributed by atoms with Crippen molar-refractivity contribution in [2.24, 2.45) is 0 Å². The molecule has 8 nitrogen and oxygen atoms in total. The van der Waals surface area contributed by atoms with Crippen LogP contribution in [0, 0.1) is 24.1 Å². The van der Waals surface area contributed by atoms with Crippen LogP contribution in [-0.4, -0.2) is 24.3 Å². The number of pyridine rings is 1. The Bertz CT molecular complexity index is 1360. The average molecular weight is 415 g/mol. The lowest BCUT2D eigenvalue weighted by Gasteiger charge is -2.22. The first-order valence-electron chi connectivity index (χ1n) is 9.67. The fourth-order valence-corrected chi connectivity index (χ4v) is 3.91. The van der Waals surface area contributed by atoms with Crippen molar-refractivity contribution in [2.75, 3.05) is 5.73 Å². The smallest absolute Gasteiger partial charge is 0.166 e. The van der Waals surface area contributed by atoms with E-state index in [0.717, 1.165) is 11.4 Å². The first kappa shape index (κ1) is 18.8. The first-order chi connectivity index (χ1) is 14.9. The van der Waals surface area contributed by atoms with E-state index in [9.17, 15) is 9.65 Å². The van der Waals surface area contributed by atoms with Crippen LogP contribution in [0.2, 0.25) is 0 Å². The van der Waals surface area contributed by atoms with Gasteiger partial charge in [-0.05, 0) is 44.2 Å². The molecule has 0 spiro atoms. The van der Waals surface area contributed by atoms with Crippen LogP contribution in [0.3, 0.4) is 0 Å². The molecule has 154 valence electrons. The predicted molar refractivity (Wildman–Crippen MR) is 111 cm³/mol. The average Bonchev–Trinajstić information content (AvgIpc) is 3.32. The Morgan fingerprint density at radius 3 is 2.90 bits per heavy atom. The Morgan fingerprint density at radius 1 is 1.26 bits per heavy atom. The number of hydrogen-bond acceptors (Lipinski definition) is 6. The lowest BCUT2D eigenvalue weighted by molar-refractivity contribution is 0.226. The highest BCUT2D eigenvalue weighted by molar-refractivity contribution is 5.69. The maximum Gasteiger partial charge on any atom is 0.166 e. The van der Waals surface area contributed by atoms with Gasteiger partial charge in [-0.2, -0.15) is 10.4 Å². The van der Waals surface area contributed by atoms with Gasteiger partial charge in [-0.25, -0.2) is 19.0 Å². The number of aromatic nitrogens is 5. The van der Waals surface area contributed by atoms with Gasteiger partial charge in [-0.1, -0.05) is 0 Å². The van der Waals surface area contributed by atoms with Crippen molar-refractivity contribution in [1.29, 1.82) is 5.26 Å². The van der Waals surface area contributed by atoms with Crippen molar-refractivity contribution in [1.82, 2.24) is 24.3 Å². The molecule has 3 aromatic heterocycles. The molecule has 1 atom stereocenters. The zero-order valence-corrected chi connectivity index (χ0v) is 16.9. The Morgan fingerprint density at radius 2 is 2.10 bits per heavy atom. The van der Waals surface area contributed by atoms with E-state index in [-0.39, 0.29) is 17.3 Å². The molecule has 0 amide bonds. The van der Waals surface area contributed by atoms with Crippen LogP contribution in [0.5, 0.6) is 5.75 Å². The molecule has 2 bridgehead atoms. The van der Waals surface area contributed by atoms with E-state index in [0.29, 0.717) is 34.8 Å². The van der Waals surface area contributed by atoms with Crippen LogP contribution in [-0.2, 0) is 6.54 Å². The van der Waals surface area contributed by atoms with E-state index in [2.05, 4.69) is 21.1 Å². The second-order valence-corrected chi connectivity index (χ2v) is 7.44. The number of hydrogen-bond donors (Lipinski definition) is 1. The standard InChI is InChI=1S/C22H18FN7O/c1-12-5-16-10-29-11-27-18(8-24)21(29)14-6-20(22(25)26-9-14)31-13(2)17-7-15(23)3-4-19(17)30(16)28-12/h3-7,9,11,13H,10H2,1-2H3,(H2,25,26). The number of fused-ring (bicyclic) bond motifs is 7. The van der Waals surface area contributed by atoms with Gasteiger partial charge in [0, 0.05) is 17.3 Å². The minimum absolute atomic E-state index is 0.200. The fraction of sp³-hybridized carbons (Fsp3) is 0.182. The highest BCUT2D eigenvalue weighted by Crippen LogP contribution is 2.35. The van der Waals surface area contributed by atoms with Gasteiger partial charge in [-0.15, -0.1) is 0 Å². The zero-order chi connectivity index (χ0) is 21.7. The molecule has 4 aromatic rings. The third-order valence-electron chi connectivity index (χ3n) is 5.30. The number of nitrogen functional groups attached to an aromatic ring is 1. The van der Waals surface area contributed by atoms with Crippen molar-refractivity contribution in [3.8, 4) is 28.8 Å². The lowest BCUT2D eigenvalue weighted by atomic mass is 10.1. The van der Waals surface area contributed by atoms with E-state index in [1.165, 1.54) is 12.1 Å². The number of aryl methyl sites for hydroxylation is 1. The maximum atomic E-state index is 14.2. The minimum atomic E-state index is -0.540. The van der Waals surface area contributed by atoms with Gasteiger partial charge in [0.15, 0.2) is 17.3 Å². The second-order valence-electron chi connectivity index (χ2n) is 7.44. The molecule has 0 aliphatic carbocycles. The zero-order valence-electron chi connectivity index (χ0n) is 16.9. The number of nitrogens with zero attached hydrogens (tertiary/aromatic N) is 6. The number of benzene rings is 1. The molecule has 0 radical (unpaired) electrons. The van der Waals surface area contributed by atoms with Crippen LogP contribution in [0.1, 0.15) is 35.7 Å². The molecule has 1 aliphatic heterocycles. The molecule has 1 aliphatic rings. The van der Waals surface area contributed by atoms with E-state index in [1.807, 2.05) is 24.5 Å². The first-order valence-corrected chi connectivity index (χ1v) is 9.67. The highest BCUT2D eigenvalue weighted by atomic mass is 19.1. The topological polar surface area (TPSA) is 108 Å². The quantitative estimate of drug-likeness (QED) is 0.471. The molecule has 9 heteroatoms. The van der Waals surface area contributed by atoms with Crippen molar-refractivity contribution >= 4 is 5.82 Å². The SMILES string of the molecule is Cc1cc2n(n1)-c1ccc(F)cc1C(C)Oc1cc(cnc1N)-c1c(C#N)ncn1C2. The monoisotopic (exact) mass is 415 g/mol. The summed E-state index contributed by atoms with van der Waals surface area (Å²) < 4.78 is 23.9. The van der Waals surface area contributed by atoms with E-state index in [4.69, 9.17) is 10.5 Å². The minimum Gasteiger partial charge on any atom is -0.482 e. The largest absolute Gasteiger partial charge is 0.482 e. The summed E-state index contributed by atoms with van der Waals surface area (Å²) in [5, 5.41) is 14.2. The van der Waals surface area contributed by atoms with Crippen molar-refractivity contribution in [3.63, 3.8) is 0 Å². The molecule has 0 saturated carbocycles. The third-order valence-corrected chi connectivity index (χ3v) is 5.30. The van der Waals surface area contributed by atoms with Gasteiger partial charge < -0.3 is 15.0 Å².